The zero-order valence-electron chi connectivity index (χ0n) is 20.8. The fraction of sp³-hybridized carbons (Fsp3) is 0.500. The van der Waals surface area contributed by atoms with Crippen molar-refractivity contribution in [1.82, 2.24) is 14.8 Å². The van der Waals surface area contributed by atoms with E-state index in [4.69, 9.17) is 0 Å². The van der Waals surface area contributed by atoms with Gasteiger partial charge in [0.15, 0.2) is 0 Å². The molecule has 5 nitrogen and oxygen atoms in total. The van der Waals surface area contributed by atoms with Crippen LogP contribution >= 0.6 is 0 Å². The number of halogens is 4. The maximum Gasteiger partial charge on any atom is 0.283 e. The van der Waals surface area contributed by atoms with Crippen molar-refractivity contribution in [2.45, 2.75) is 43.9 Å². The van der Waals surface area contributed by atoms with Gasteiger partial charge in [0.2, 0.25) is 0 Å². The first-order chi connectivity index (χ1) is 17.7. The molecule has 0 spiro atoms. The average molecular weight is 520 g/mol. The lowest BCUT2D eigenvalue weighted by molar-refractivity contribution is -0.0864. The van der Waals surface area contributed by atoms with Crippen molar-refractivity contribution in [2.75, 3.05) is 39.5 Å². The Labute approximate surface area is 213 Å². The lowest BCUT2D eigenvalue weighted by Crippen LogP contribution is -2.49. The van der Waals surface area contributed by atoms with Gasteiger partial charge < -0.3 is 20.1 Å². The molecule has 0 amide bonds. The predicted octanol–water partition coefficient (Wildman–Crippen LogP) is 4.60. The topological polar surface area (TPSA) is 62.7 Å². The molecule has 5 rings (SSSR count). The Morgan fingerprint density at radius 1 is 1.16 bits per heavy atom. The molecular weight excluding hydrogens is 486 g/mol. The van der Waals surface area contributed by atoms with E-state index in [2.05, 4.69) is 4.98 Å². The quantitative estimate of drug-likeness (QED) is 0.362. The standard InChI is InChI=1S/C28H33F4N3O2/c1-17-11-22-20-5-2-3-6-24(20)33-25(22)26(35(17)15-28(31,32)16-36)18-7-8-21(23(30)12-18)27(37)19-13-34(14-19)10-4-9-29/h2-3,5-8,12,17,19,26-27,33,36-37H,4,9-11,13-16H2,1H3/t17-,26?,27+/m1/s1. The zero-order valence-corrected chi connectivity index (χ0v) is 20.8. The minimum absolute atomic E-state index is 0.144. The molecule has 200 valence electrons. The van der Waals surface area contributed by atoms with E-state index in [1.807, 2.05) is 36.1 Å². The molecule has 1 unspecified atom stereocenters. The van der Waals surface area contributed by atoms with Crippen molar-refractivity contribution in [1.29, 1.82) is 0 Å². The van der Waals surface area contributed by atoms with Crippen LogP contribution in [0.25, 0.3) is 10.9 Å². The van der Waals surface area contributed by atoms with Crippen molar-refractivity contribution in [3.63, 3.8) is 0 Å². The summed E-state index contributed by atoms with van der Waals surface area (Å²) in [7, 11) is 0. The summed E-state index contributed by atoms with van der Waals surface area (Å²) in [6, 6.07) is 11.4. The van der Waals surface area contributed by atoms with Gasteiger partial charge in [0.1, 0.15) is 12.4 Å². The summed E-state index contributed by atoms with van der Waals surface area (Å²) >= 11 is 0. The van der Waals surface area contributed by atoms with E-state index in [1.54, 1.807) is 17.0 Å². The van der Waals surface area contributed by atoms with Crippen molar-refractivity contribution < 1.29 is 27.8 Å². The van der Waals surface area contributed by atoms with Crippen LogP contribution in [0, 0.1) is 11.7 Å². The first-order valence-corrected chi connectivity index (χ1v) is 12.8. The Hall–Kier alpha value is -2.46. The predicted molar refractivity (Wildman–Crippen MR) is 134 cm³/mol. The number of H-pyrrole nitrogens is 1. The fourth-order valence-corrected chi connectivity index (χ4v) is 5.91. The molecule has 2 aliphatic heterocycles. The Balaban J connectivity index is 1.48. The van der Waals surface area contributed by atoms with Crippen LogP contribution in [0.1, 0.15) is 47.9 Å². The molecule has 3 heterocycles. The van der Waals surface area contributed by atoms with Gasteiger partial charge in [-0.3, -0.25) is 9.29 Å². The highest BCUT2D eigenvalue weighted by Crippen LogP contribution is 2.42. The molecule has 0 saturated carbocycles. The number of para-hydroxylation sites is 1. The zero-order chi connectivity index (χ0) is 26.3. The Kier molecular flexibility index (Phi) is 7.33. The van der Waals surface area contributed by atoms with Crippen molar-refractivity contribution in [3.8, 4) is 0 Å². The van der Waals surface area contributed by atoms with E-state index in [1.165, 1.54) is 6.07 Å². The molecule has 1 fully saturated rings. The van der Waals surface area contributed by atoms with Crippen LogP contribution < -0.4 is 0 Å². The molecule has 1 aromatic heterocycles. The molecule has 3 N–H and O–H groups in total. The molecule has 2 aromatic carbocycles. The van der Waals surface area contributed by atoms with Gasteiger partial charge in [0, 0.05) is 53.8 Å². The summed E-state index contributed by atoms with van der Waals surface area (Å²) in [4.78, 5) is 7.03. The number of aliphatic hydroxyl groups is 2. The number of aliphatic hydroxyl groups excluding tert-OH is 2. The van der Waals surface area contributed by atoms with E-state index < -0.39 is 37.0 Å². The van der Waals surface area contributed by atoms with Crippen LogP contribution in [0.15, 0.2) is 42.5 Å². The van der Waals surface area contributed by atoms with Crippen molar-refractivity contribution in [2.24, 2.45) is 5.92 Å². The fourth-order valence-electron chi connectivity index (χ4n) is 5.91. The van der Waals surface area contributed by atoms with Gasteiger partial charge in [-0.15, -0.1) is 0 Å². The van der Waals surface area contributed by atoms with Gasteiger partial charge >= 0.3 is 0 Å². The monoisotopic (exact) mass is 519 g/mol. The number of alkyl halides is 3. The van der Waals surface area contributed by atoms with Crippen LogP contribution in [-0.4, -0.2) is 76.4 Å². The number of fused-ring (bicyclic) bond motifs is 3. The Morgan fingerprint density at radius 2 is 1.92 bits per heavy atom. The SMILES string of the molecule is C[C@@H]1Cc2c([nH]c3ccccc23)C(c2ccc([C@@H](O)C3CN(CCCF)C3)c(F)c2)N1CC(F)(F)CO. The van der Waals surface area contributed by atoms with E-state index in [9.17, 15) is 23.4 Å². The largest absolute Gasteiger partial charge is 0.390 e. The molecule has 0 radical (unpaired) electrons. The molecule has 2 aliphatic rings. The second-order valence-corrected chi connectivity index (χ2v) is 10.5. The average Bonchev–Trinajstić information content (AvgIpc) is 3.21. The number of hydrogen-bond donors (Lipinski definition) is 3. The van der Waals surface area contributed by atoms with Crippen LogP contribution in [0.3, 0.4) is 0 Å². The lowest BCUT2D eigenvalue weighted by Gasteiger charge is -2.43. The maximum absolute atomic E-state index is 15.4. The van der Waals surface area contributed by atoms with Gasteiger partial charge in [0.25, 0.3) is 5.92 Å². The highest BCUT2D eigenvalue weighted by Gasteiger charge is 2.42. The van der Waals surface area contributed by atoms with Crippen LogP contribution in [0.2, 0.25) is 0 Å². The normalized spacial score (nSPS) is 22.2. The molecule has 3 aromatic rings. The minimum atomic E-state index is -3.32. The summed E-state index contributed by atoms with van der Waals surface area (Å²) in [6.07, 6.45) is -0.0239. The molecule has 37 heavy (non-hydrogen) atoms. The molecule has 1 saturated heterocycles. The summed E-state index contributed by atoms with van der Waals surface area (Å²) < 4.78 is 56.7. The number of benzene rings is 2. The number of nitrogens with zero attached hydrogens (tertiary/aromatic N) is 2. The van der Waals surface area contributed by atoms with Gasteiger partial charge in [-0.05, 0) is 43.0 Å². The summed E-state index contributed by atoms with van der Waals surface area (Å²) in [5.74, 6) is -4.05. The Bertz CT molecular complexity index is 1240. The third-order valence-corrected chi connectivity index (χ3v) is 7.86. The first-order valence-electron chi connectivity index (χ1n) is 12.8. The van der Waals surface area contributed by atoms with Crippen molar-refractivity contribution >= 4 is 10.9 Å². The van der Waals surface area contributed by atoms with Gasteiger partial charge in [-0.1, -0.05) is 30.3 Å². The number of likely N-dealkylation sites (tertiary alicyclic amines) is 1. The summed E-state index contributed by atoms with van der Waals surface area (Å²) in [5.41, 5.74) is 3.31. The molecule has 0 aliphatic carbocycles. The second-order valence-electron chi connectivity index (χ2n) is 10.5. The number of rotatable bonds is 9. The first kappa shape index (κ1) is 26.2. The second kappa shape index (κ2) is 10.4. The van der Waals surface area contributed by atoms with Gasteiger partial charge in [-0.2, -0.15) is 0 Å². The third kappa shape index (κ3) is 5.02. The van der Waals surface area contributed by atoms with Gasteiger partial charge in [0.05, 0.1) is 25.4 Å². The number of hydrogen-bond acceptors (Lipinski definition) is 4. The lowest BCUT2D eigenvalue weighted by atomic mass is 9.85. The highest BCUT2D eigenvalue weighted by atomic mass is 19.3. The van der Waals surface area contributed by atoms with E-state index in [0.29, 0.717) is 38.0 Å². The summed E-state index contributed by atoms with van der Waals surface area (Å²) in [5, 5.41) is 21.1. The minimum Gasteiger partial charge on any atom is -0.390 e. The molecule has 0 bridgehead atoms. The molecule has 3 atom stereocenters. The molecular formula is C28H33F4N3O2. The smallest absolute Gasteiger partial charge is 0.283 e. The number of aromatic amines is 1. The number of aromatic nitrogens is 1. The van der Waals surface area contributed by atoms with E-state index in [0.717, 1.165) is 22.2 Å². The number of nitrogens with one attached hydrogen (secondary N) is 1. The third-order valence-electron chi connectivity index (χ3n) is 7.86. The van der Waals surface area contributed by atoms with E-state index in [-0.39, 0.29) is 24.2 Å². The van der Waals surface area contributed by atoms with Gasteiger partial charge in [-0.25, -0.2) is 13.2 Å². The van der Waals surface area contributed by atoms with Crippen LogP contribution in [-0.2, 0) is 6.42 Å². The molecule has 9 heteroatoms. The van der Waals surface area contributed by atoms with Crippen LogP contribution in [0.4, 0.5) is 17.6 Å². The Morgan fingerprint density at radius 3 is 2.62 bits per heavy atom. The van der Waals surface area contributed by atoms with E-state index >= 15 is 4.39 Å². The van der Waals surface area contributed by atoms with Crippen LogP contribution in [0.5, 0.6) is 0 Å². The summed E-state index contributed by atoms with van der Waals surface area (Å²) in [6.45, 7) is 1.29. The maximum atomic E-state index is 15.4. The highest BCUT2D eigenvalue weighted by molar-refractivity contribution is 5.85. The van der Waals surface area contributed by atoms with Crippen molar-refractivity contribution in [3.05, 3.63) is 70.7 Å².